The van der Waals surface area contributed by atoms with Crippen molar-refractivity contribution in [1.29, 1.82) is 0 Å². The van der Waals surface area contributed by atoms with Crippen molar-refractivity contribution in [2.24, 2.45) is 0 Å². The Morgan fingerprint density at radius 2 is 2.25 bits per heavy atom. The quantitative estimate of drug-likeness (QED) is 0.853. The van der Waals surface area contributed by atoms with Gasteiger partial charge in [0.1, 0.15) is 5.76 Å². The molecule has 4 rings (SSSR count). The second-order valence-corrected chi connectivity index (χ2v) is 5.76. The number of nitrogens with zero attached hydrogens (tertiary/aromatic N) is 4. The average molecular weight is 274 g/mol. The molecule has 0 amide bonds. The van der Waals surface area contributed by atoms with Crippen LogP contribution in [-0.4, -0.2) is 26.6 Å². The van der Waals surface area contributed by atoms with Crippen LogP contribution in [0, 0.1) is 6.92 Å². The first-order chi connectivity index (χ1) is 9.79. The lowest BCUT2D eigenvalue weighted by Crippen LogP contribution is -2.23. The van der Waals surface area contributed by atoms with E-state index in [9.17, 15) is 0 Å². The third-order valence-electron chi connectivity index (χ3n) is 4.05. The monoisotopic (exact) mass is 274 g/mol. The van der Waals surface area contributed by atoms with Crippen LogP contribution in [-0.2, 0) is 6.54 Å². The molecule has 0 radical (unpaired) electrons. The number of aryl methyl sites for hydroxylation is 1. The molecule has 0 N–H and O–H groups in total. The van der Waals surface area contributed by atoms with Gasteiger partial charge in [-0.1, -0.05) is 5.16 Å². The number of aromatic nitrogens is 3. The maximum Gasteiger partial charge on any atom is 0.229 e. The van der Waals surface area contributed by atoms with E-state index in [0.29, 0.717) is 12.5 Å². The molecule has 3 heterocycles. The van der Waals surface area contributed by atoms with Gasteiger partial charge in [-0.25, -0.2) is 4.98 Å². The molecule has 106 valence electrons. The number of likely N-dealkylation sites (tertiary alicyclic amines) is 1. The lowest BCUT2D eigenvalue weighted by Gasteiger charge is -2.19. The number of rotatable bonds is 4. The van der Waals surface area contributed by atoms with E-state index in [1.54, 1.807) is 6.20 Å². The van der Waals surface area contributed by atoms with Crippen LogP contribution < -0.4 is 0 Å². The summed E-state index contributed by atoms with van der Waals surface area (Å²) in [7, 11) is 0. The maximum atomic E-state index is 5.57. The van der Waals surface area contributed by atoms with Gasteiger partial charge in [-0.3, -0.25) is 4.90 Å². The molecule has 0 spiro atoms. The molecule has 2 aromatic heterocycles. The molecule has 1 aliphatic heterocycles. The van der Waals surface area contributed by atoms with Gasteiger partial charge in [0.05, 0.1) is 18.8 Å². The molecular weight excluding hydrogens is 256 g/mol. The number of hydrogen-bond donors (Lipinski definition) is 0. The third-order valence-corrected chi connectivity index (χ3v) is 4.05. The molecule has 1 saturated carbocycles. The Morgan fingerprint density at radius 3 is 3.00 bits per heavy atom. The van der Waals surface area contributed by atoms with E-state index in [2.05, 4.69) is 20.0 Å². The van der Waals surface area contributed by atoms with Crippen LogP contribution in [0.5, 0.6) is 0 Å². The van der Waals surface area contributed by atoms with Crippen LogP contribution in [0.25, 0.3) is 0 Å². The fourth-order valence-corrected chi connectivity index (χ4v) is 2.83. The summed E-state index contributed by atoms with van der Waals surface area (Å²) in [6, 6.07) is 0.235. The van der Waals surface area contributed by atoms with Crippen LogP contribution in [0.15, 0.2) is 15.1 Å². The highest BCUT2D eigenvalue weighted by atomic mass is 16.5. The smallest absolute Gasteiger partial charge is 0.229 e. The Labute approximate surface area is 117 Å². The fourth-order valence-electron chi connectivity index (χ4n) is 2.83. The van der Waals surface area contributed by atoms with Crippen molar-refractivity contribution < 1.29 is 8.94 Å². The zero-order chi connectivity index (χ0) is 13.5. The molecule has 2 fully saturated rings. The Balaban J connectivity index is 1.50. The normalized spacial score (nSPS) is 23.6. The zero-order valence-corrected chi connectivity index (χ0v) is 11.6. The molecular formula is C14H18N4O2. The molecule has 6 heteroatoms. The lowest BCUT2D eigenvalue weighted by molar-refractivity contribution is 0.211. The Bertz CT molecular complexity index is 602. The van der Waals surface area contributed by atoms with Gasteiger partial charge in [0, 0.05) is 5.92 Å². The summed E-state index contributed by atoms with van der Waals surface area (Å²) >= 11 is 0. The highest BCUT2D eigenvalue weighted by Gasteiger charge is 2.34. The molecule has 0 unspecified atom stereocenters. The lowest BCUT2D eigenvalue weighted by atomic mass is 10.2. The molecule has 1 atom stereocenters. The minimum Gasteiger partial charge on any atom is -0.445 e. The molecule has 1 saturated heterocycles. The van der Waals surface area contributed by atoms with Gasteiger partial charge in [0.2, 0.25) is 11.8 Å². The number of hydrogen-bond acceptors (Lipinski definition) is 6. The van der Waals surface area contributed by atoms with Gasteiger partial charge < -0.3 is 8.94 Å². The van der Waals surface area contributed by atoms with Crippen molar-refractivity contribution in [3.63, 3.8) is 0 Å². The molecule has 2 aromatic rings. The summed E-state index contributed by atoms with van der Waals surface area (Å²) in [5.74, 6) is 3.78. The van der Waals surface area contributed by atoms with Gasteiger partial charge in [0.25, 0.3) is 0 Å². The predicted molar refractivity (Wildman–Crippen MR) is 69.9 cm³/mol. The van der Waals surface area contributed by atoms with E-state index in [0.717, 1.165) is 42.8 Å². The average Bonchev–Trinajstić information content (AvgIpc) is 2.87. The molecule has 0 bridgehead atoms. The largest absolute Gasteiger partial charge is 0.445 e. The first-order valence-electron chi connectivity index (χ1n) is 7.28. The maximum absolute atomic E-state index is 5.57. The summed E-state index contributed by atoms with van der Waals surface area (Å²) < 4.78 is 10.9. The second-order valence-electron chi connectivity index (χ2n) is 5.76. The summed E-state index contributed by atoms with van der Waals surface area (Å²) in [4.78, 5) is 11.2. The van der Waals surface area contributed by atoms with E-state index < -0.39 is 0 Å². The molecule has 6 nitrogen and oxygen atoms in total. The van der Waals surface area contributed by atoms with E-state index in [1.807, 2.05) is 6.92 Å². The Kier molecular flexibility index (Phi) is 2.84. The summed E-state index contributed by atoms with van der Waals surface area (Å²) in [6.45, 7) is 3.66. The standard InChI is InChI=1S/C14H18N4O2/c1-9-7-15-12(19-9)8-18-6-2-3-11(18)13-16-14(20-17-13)10-4-5-10/h7,10-11H,2-6,8H2,1H3/t11-/m1/s1. The first-order valence-corrected chi connectivity index (χ1v) is 7.28. The predicted octanol–water partition coefficient (Wildman–Crippen LogP) is 2.58. The van der Waals surface area contributed by atoms with Gasteiger partial charge >= 0.3 is 0 Å². The fraction of sp³-hybridized carbons (Fsp3) is 0.643. The van der Waals surface area contributed by atoms with Crippen LogP contribution >= 0.6 is 0 Å². The van der Waals surface area contributed by atoms with Crippen LogP contribution in [0.4, 0.5) is 0 Å². The molecule has 0 aromatic carbocycles. The highest BCUT2D eigenvalue weighted by Crippen LogP contribution is 2.40. The van der Waals surface area contributed by atoms with Crippen LogP contribution in [0.1, 0.15) is 61.0 Å². The summed E-state index contributed by atoms with van der Waals surface area (Å²) in [5, 5.41) is 4.18. The third kappa shape index (κ3) is 2.24. The molecule has 1 aliphatic carbocycles. The van der Waals surface area contributed by atoms with Crippen LogP contribution in [0.2, 0.25) is 0 Å². The van der Waals surface area contributed by atoms with Crippen LogP contribution in [0.3, 0.4) is 0 Å². The van der Waals surface area contributed by atoms with E-state index in [1.165, 1.54) is 12.8 Å². The van der Waals surface area contributed by atoms with Crippen molar-refractivity contribution in [3.05, 3.63) is 29.6 Å². The van der Waals surface area contributed by atoms with E-state index >= 15 is 0 Å². The van der Waals surface area contributed by atoms with Crippen molar-refractivity contribution in [1.82, 2.24) is 20.0 Å². The Morgan fingerprint density at radius 1 is 1.35 bits per heavy atom. The molecule has 2 aliphatic rings. The van der Waals surface area contributed by atoms with Gasteiger partial charge in [-0.2, -0.15) is 4.98 Å². The Hall–Kier alpha value is -1.69. The molecule has 20 heavy (non-hydrogen) atoms. The van der Waals surface area contributed by atoms with E-state index in [-0.39, 0.29) is 6.04 Å². The van der Waals surface area contributed by atoms with Gasteiger partial charge in [-0.05, 0) is 39.2 Å². The zero-order valence-electron chi connectivity index (χ0n) is 11.6. The summed E-state index contributed by atoms with van der Waals surface area (Å²) in [5.41, 5.74) is 0. The minimum atomic E-state index is 0.235. The van der Waals surface area contributed by atoms with Crippen molar-refractivity contribution in [2.45, 2.75) is 51.1 Å². The first kappa shape index (κ1) is 12.1. The topological polar surface area (TPSA) is 68.2 Å². The SMILES string of the molecule is Cc1cnc(CN2CCC[C@@H]2c2noc(C3CC3)n2)o1. The minimum absolute atomic E-state index is 0.235. The van der Waals surface area contributed by atoms with Gasteiger partial charge in [-0.15, -0.1) is 0 Å². The van der Waals surface area contributed by atoms with Crippen molar-refractivity contribution in [3.8, 4) is 0 Å². The summed E-state index contributed by atoms with van der Waals surface area (Å²) in [6.07, 6.45) is 6.36. The highest BCUT2D eigenvalue weighted by molar-refractivity contribution is 5.05. The van der Waals surface area contributed by atoms with E-state index in [4.69, 9.17) is 8.94 Å². The number of oxazole rings is 1. The van der Waals surface area contributed by atoms with Crippen molar-refractivity contribution in [2.75, 3.05) is 6.54 Å². The van der Waals surface area contributed by atoms with Gasteiger partial charge in [0.15, 0.2) is 5.82 Å². The second kappa shape index (κ2) is 4.70. The van der Waals surface area contributed by atoms with Crippen molar-refractivity contribution >= 4 is 0 Å².